The molecule has 0 aliphatic carbocycles. The van der Waals surface area contributed by atoms with Crippen LogP contribution in [0.3, 0.4) is 0 Å². The Kier molecular flexibility index (Phi) is 49.3. The number of hydrogen-bond donors (Lipinski definition) is 9. The number of rotatable bonds is 15. The summed E-state index contributed by atoms with van der Waals surface area (Å²) in [6.45, 7) is 24.7. The van der Waals surface area contributed by atoms with E-state index in [-0.39, 0.29) is 121 Å². The molecule has 4 aliphatic heterocycles. The maximum Gasteiger partial charge on any atom is 1.00 e. The van der Waals surface area contributed by atoms with Crippen LogP contribution in [-0.4, -0.2) is 181 Å². The molecule has 4 rings (SSSR count). The number of nitrogens with zero attached hydrogens (tertiary/aromatic N) is 6. The molecular formula is C44H92N9NaO17P6S. The summed E-state index contributed by atoms with van der Waals surface area (Å²) in [6, 6.07) is -2.37. The van der Waals surface area contributed by atoms with E-state index in [1.807, 2.05) is 33.8 Å². The molecule has 4 fully saturated rings. The van der Waals surface area contributed by atoms with Crippen LogP contribution in [0.1, 0.15) is 96.4 Å². The normalized spacial score (nSPS) is 34.7. The summed E-state index contributed by atoms with van der Waals surface area (Å²) in [5, 5.41) is 71.3. The molecule has 4 heterocycles. The molecule has 26 atom stereocenters. The maximum absolute atomic E-state index is 11.3. The van der Waals surface area contributed by atoms with Crippen LogP contribution >= 0.6 is 62.9 Å². The zero-order chi connectivity index (χ0) is 59.3. The minimum absolute atomic E-state index is 0. The first-order chi connectivity index (χ1) is 35.5. The average molecular weight is 1260 g/mol. The number of aliphatic hydroxyl groups is 5. The number of thiol groups is 1. The van der Waals surface area contributed by atoms with Crippen LogP contribution in [-0.2, 0) is 51.7 Å². The van der Waals surface area contributed by atoms with E-state index in [1.165, 1.54) is 27.7 Å². The first-order valence-electron chi connectivity index (χ1n) is 24.3. The van der Waals surface area contributed by atoms with Gasteiger partial charge in [-0.05, 0) is 61.7 Å². The van der Waals surface area contributed by atoms with Gasteiger partial charge in [-0.15, -0.1) is 12.6 Å². The first kappa shape index (κ1) is 84.6. The third-order valence-corrected chi connectivity index (χ3v) is 15.0. The number of hydrogen-bond acceptors (Lipinski definition) is 19. The second-order valence-corrected chi connectivity index (χ2v) is 29.3. The van der Waals surface area contributed by atoms with Crippen LogP contribution in [0, 0.1) is 29.6 Å². The molecule has 452 valence electrons. The van der Waals surface area contributed by atoms with Gasteiger partial charge in [-0.1, -0.05) is 92.9 Å². The Bertz CT molecular complexity index is 1740. The van der Waals surface area contributed by atoms with Gasteiger partial charge in [0.1, 0.15) is 12.1 Å². The Morgan fingerprint density at radius 3 is 1.31 bits per heavy atom. The van der Waals surface area contributed by atoms with Crippen LogP contribution in [0.25, 0.3) is 20.9 Å². The number of carbonyl (C=O) groups is 4. The largest absolute Gasteiger partial charge is 1.00 e. The molecule has 26 nitrogen and oxygen atoms in total. The van der Waals surface area contributed by atoms with Gasteiger partial charge in [-0.3, -0.25) is 19.2 Å². The standard InChI is InChI=1S/C12H25NO3P2.C10H21NO5P2.C9H18N6O2P2.C9H17NO5.C2H4OS.CH3O.CH4.Na/c1-6-10-7(2)8(3)11(13-9(4)14)12(15-10)16-18(5)17;1-5-7(4-12)15-10(16-18(3)17)8(9(5)14)11-6(2)13;1-4-6-7(12-14-10)5(2)8(13-15-11)9(16-6)17-19(3)18;1-4-6(3-11)15-9(14)7(8(4)13)10-5(2)12;1-2(3)4;1-2;;/h7-8,10-12H,6,17H2,1-5H3,(H,13,14);5,7-10,12,14H,4,17H2,1-3H3,(H,11,13);5-9H,4,18H2,1-3H3;4,6-9,11,13-14H,3H2,1-2H3,(H,10,12);1H3,(H,3,4);1H3;1H4;/q;;;;;-1;;+1/t7-,8-,10?,11?,12-,18?;5-,7?,8?,9+,10+,18?;5-,6?,7-,8?,9-,19?;4-,6?,7?,8+,9?;;;;/m0101..../s1. The quantitative estimate of drug-likeness (QED) is 0.0283. The molecule has 0 spiro atoms. The molecule has 78 heavy (non-hydrogen) atoms. The third-order valence-electron chi connectivity index (χ3n) is 12.3. The van der Waals surface area contributed by atoms with Gasteiger partial charge in [0.05, 0.1) is 68.0 Å². The van der Waals surface area contributed by atoms with Crippen molar-refractivity contribution in [3.63, 3.8) is 0 Å². The number of ether oxygens (including phenoxy) is 4. The van der Waals surface area contributed by atoms with Crippen molar-refractivity contribution in [3.8, 4) is 0 Å². The van der Waals surface area contributed by atoms with E-state index < -0.39 is 84.9 Å². The van der Waals surface area contributed by atoms with E-state index in [0.29, 0.717) is 18.3 Å². The van der Waals surface area contributed by atoms with E-state index in [2.05, 4.69) is 96.2 Å². The maximum atomic E-state index is 11.3. The Labute approximate surface area is 500 Å². The second-order valence-electron chi connectivity index (χ2n) is 18.2. The van der Waals surface area contributed by atoms with E-state index in [9.17, 15) is 39.6 Å². The predicted octanol–water partition coefficient (Wildman–Crippen LogP) is 2.00. The number of amides is 3. The van der Waals surface area contributed by atoms with Crippen LogP contribution in [0.2, 0.25) is 0 Å². The van der Waals surface area contributed by atoms with Crippen molar-refractivity contribution in [3.05, 3.63) is 20.9 Å². The molecule has 0 aromatic rings. The van der Waals surface area contributed by atoms with E-state index in [4.69, 9.17) is 53.8 Å². The fraction of sp³-hybridized carbons (Fsp3) is 0.909. The number of nitrogens with one attached hydrogen (secondary N) is 3. The zero-order valence-electron chi connectivity index (χ0n) is 47.2. The number of aliphatic hydroxyl groups excluding tert-OH is 5. The topological polar surface area (TPSA) is 391 Å². The third kappa shape index (κ3) is 30.8. The van der Waals surface area contributed by atoms with Crippen LogP contribution in [0.4, 0.5) is 0 Å². The van der Waals surface area contributed by atoms with Crippen molar-refractivity contribution in [2.75, 3.05) is 40.3 Å². The summed E-state index contributed by atoms with van der Waals surface area (Å²) in [5.41, 5.74) is 17.3. The summed E-state index contributed by atoms with van der Waals surface area (Å²) >= 11 is 3.33. The average Bonchev–Trinajstić information content (AvgIpc) is 3.33. The molecule has 15 unspecified atom stereocenters. The molecule has 4 saturated heterocycles. The Hall–Kier alpha value is 0.110. The molecular weight excluding hydrogens is 1170 g/mol. The van der Waals surface area contributed by atoms with Crippen LogP contribution in [0.15, 0.2) is 10.2 Å². The van der Waals surface area contributed by atoms with Crippen molar-refractivity contribution in [1.29, 1.82) is 0 Å². The van der Waals surface area contributed by atoms with Gasteiger partial charge in [0.15, 0.2) is 30.3 Å². The molecule has 0 radical (unpaired) electrons. The minimum Gasteiger partial charge on any atom is -0.857 e. The molecule has 8 N–H and O–H groups in total. The van der Waals surface area contributed by atoms with E-state index >= 15 is 0 Å². The smallest absolute Gasteiger partial charge is 0.857 e. The first-order valence-corrected chi connectivity index (χ1v) is 34.7. The molecule has 4 aliphatic rings. The zero-order valence-corrected chi connectivity index (χ0v) is 56.3. The number of azide groups is 2. The van der Waals surface area contributed by atoms with E-state index in [0.717, 1.165) is 13.5 Å². The van der Waals surface area contributed by atoms with Crippen molar-refractivity contribution in [2.24, 2.45) is 39.8 Å². The molecule has 0 aromatic carbocycles. The SMILES string of the molecule is C.CC(=O)NC1C(O)OC(CO)[C@@H](C)[C@@H]1O.CC(=O)NC1[C@H](OP(C)P)OC(CO)[C@@H](C)[C@@H]1O.CC(=O)S.CCC1O[C@@H](OP(C)P)C(N=[N+]=[N-])[C@@H](C)[C@@H]1N=[N+]=[N-].CCC1O[C@@H](OP(C)P)C(NC(C)=O)[C@@H](C)[C@@H]1C.C[O-].[Na+]. The fourth-order valence-electron chi connectivity index (χ4n) is 8.26. The number of carbonyl (C=O) groups excluding carboxylic acids is 4. The van der Waals surface area contributed by atoms with Crippen LogP contribution < -0.4 is 50.6 Å². The van der Waals surface area contributed by atoms with Gasteiger partial charge in [0, 0.05) is 72.9 Å². The molecule has 3 amide bonds. The molecule has 0 bridgehead atoms. The van der Waals surface area contributed by atoms with Gasteiger partial charge in [-0.2, -0.15) is 7.11 Å². The Balaban J connectivity index is -0.000000449. The second kappa shape index (κ2) is 45.5. The summed E-state index contributed by atoms with van der Waals surface area (Å²) in [4.78, 5) is 48.3. The van der Waals surface area contributed by atoms with Gasteiger partial charge < -0.3 is 79.1 Å². The predicted molar refractivity (Wildman–Crippen MR) is 311 cm³/mol. The van der Waals surface area contributed by atoms with Crippen molar-refractivity contribution >= 4 is 85.8 Å². The molecule has 0 saturated carbocycles. The Morgan fingerprint density at radius 2 is 0.923 bits per heavy atom. The Morgan fingerprint density at radius 1 is 0.590 bits per heavy atom. The van der Waals surface area contributed by atoms with Crippen LogP contribution in [0.5, 0.6) is 0 Å². The van der Waals surface area contributed by atoms with Gasteiger partial charge in [0.2, 0.25) is 17.7 Å². The van der Waals surface area contributed by atoms with Gasteiger partial charge in [-0.25, -0.2) is 0 Å². The molecule has 34 heteroatoms. The fourth-order valence-corrected chi connectivity index (χ4v) is 10.9. The van der Waals surface area contributed by atoms with Gasteiger partial charge in [0.25, 0.3) is 0 Å². The van der Waals surface area contributed by atoms with Crippen molar-refractivity contribution in [1.82, 2.24) is 16.0 Å². The summed E-state index contributed by atoms with van der Waals surface area (Å²) in [5.74, 6) is -0.636. The monoisotopic (exact) mass is 1260 g/mol. The van der Waals surface area contributed by atoms with Crippen molar-refractivity contribution in [2.45, 2.75) is 188 Å². The summed E-state index contributed by atoms with van der Waals surface area (Å²) in [6.07, 6.45) is -4.16. The van der Waals surface area contributed by atoms with Gasteiger partial charge >= 0.3 is 29.6 Å². The molecule has 0 aromatic heterocycles. The van der Waals surface area contributed by atoms with Crippen molar-refractivity contribution < 1.29 is 112 Å². The summed E-state index contributed by atoms with van der Waals surface area (Å²) < 4.78 is 39.6. The summed E-state index contributed by atoms with van der Waals surface area (Å²) in [7, 11) is 6.41. The minimum atomic E-state index is -1.29. The van der Waals surface area contributed by atoms with E-state index in [1.54, 1.807) is 13.8 Å².